The van der Waals surface area contributed by atoms with Crippen molar-refractivity contribution < 1.29 is 35.1 Å². The Kier molecular flexibility index (Phi) is 7.98. The first kappa shape index (κ1) is 33.3. The van der Waals surface area contributed by atoms with Crippen molar-refractivity contribution in [2.24, 2.45) is 0 Å². The molecule has 0 bridgehead atoms. The molecular formula is C34H2F8N8. The van der Waals surface area contributed by atoms with Crippen LogP contribution < -0.4 is 0 Å². The SMILES string of the molecule is N#CC(C#N)=C1C(c2c(F)c(F)c(C#N)c(F)c2F)=C(C#N)c2cc3c(cc21)C(C#N)=C(c1c(F)c(F)c(C#N)c(F)c1F)C3=C(C#N)C#N. The van der Waals surface area contributed by atoms with E-state index >= 15 is 17.6 Å². The lowest BCUT2D eigenvalue weighted by Gasteiger charge is -2.13. The zero-order valence-electron chi connectivity index (χ0n) is 23.8. The number of hydrogen-bond acceptors (Lipinski definition) is 8. The second kappa shape index (κ2) is 12.0. The van der Waals surface area contributed by atoms with Crippen LogP contribution in [-0.2, 0) is 0 Å². The molecule has 0 saturated carbocycles. The van der Waals surface area contributed by atoms with Crippen LogP contribution in [0.15, 0.2) is 23.3 Å². The first-order chi connectivity index (χ1) is 23.8. The van der Waals surface area contributed by atoms with Gasteiger partial charge >= 0.3 is 0 Å². The van der Waals surface area contributed by atoms with Crippen molar-refractivity contribution in [1.82, 2.24) is 0 Å². The van der Waals surface area contributed by atoms with Crippen LogP contribution in [0.2, 0.25) is 0 Å². The molecule has 2 aliphatic carbocycles. The van der Waals surface area contributed by atoms with Crippen LogP contribution in [-0.4, -0.2) is 0 Å². The van der Waals surface area contributed by atoms with Crippen LogP contribution in [0, 0.1) is 137 Å². The Morgan fingerprint density at radius 3 is 0.880 bits per heavy atom. The fourth-order valence-electron chi connectivity index (χ4n) is 5.64. The summed E-state index contributed by atoms with van der Waals surface area (Å²) in [7, 11) is 0. The van der Waals surface area contributed by atoms with E-state index in [1.807, 2.05) is 0 Å². The Morgan fingerprint density at radius 1 is 0.380 bits per heavy atom. The Bertz CT molecular complexity index is 2440. The average molecular weight is 674 g/mol. The topological polar surface area (TPSA) is 190 Å². The summed E-state index contributed by atoms with van der Waals surface area (Å²) >= 11 is 0. The smallest absolute Gasteiger partial charge is 0.180 e. The molecule has 0 unspecified atom stereocenters. The highest BCUT2D eigenvalue weighted by Crippen LogP contribution is 2.55. The minimum Gasteiger partial charge on any atom is -0.203 e. The summed E-state index contributed by atoms with van der Waals surface area (Å²) in [6, 6.07) is 12.0. The summed E-state index contributed by atoms with van der Waals surface area (Å²) in [5.74, 6) is -17.7. The highest BCUT2D eigenvalue weighted by molar-refractivity contribution is 6.30. The van der Waals surface area contributed by atoms with Gasteiger partial charge < -0.3 is 0 Å². The maximum absolute atomic E-state index is 15.4. The van der Waals surface area contributed by atoms with Gasteiger partial charge in [-0.2, -0.15) is 42.1 Å². The second-order valence-corrected chi connectivity index (χ2v) is 9.85. The van der Waals surface area contributed by atoms with Crippen molar-refractivity contribution in [3.05, 3.63) is 114 Å². The Hall–Kier alpha value is -8.02. The van der Waals surface area contributed by atoms with Crippen LogP contribution in [0.1, 0.15) is 44.5 Å². The molecule has 3 aromatic rings. The molecule has 0 radical (unpaired) electrons. The first-order valence-corrected chi connectivity index (χ1v) is 13.0. The third-order valence-corrected chi connectivity index (χ3v) is 7.66. The largest absolute Gasteiger partial charge is 0.203 e. The quantitative estimate of drug-likeness (QED) is 0.157. The van der Waals surface area contributed by atoms with Gasteiger partial charge in [-0.25, -0.2) is 35.1 Å². The molecule has 0 aliphatic heterocycles. The number of rotatable bonds is 2. The van der Waals surface area contributed by atoms with Gasteiger partial charge in [0.1, 0.15) is 70.8 Å². The zero-order chi connectivity index (χ0) is 36.9. The summed E-state index contributed by atoms with van der Waals surface area (Å²) in [5.41, 5.74) is -16.5. The van der Waals surface area contributed by atoms with Crippen molar-refractivity contribution >= 4 is 33.4 Å². The molecule has 0 fully saturated rings. The molecule has 0 spiro atoms. The molecular weight excluding hydrogens is 672 g/mol. The van der Waals surface area contributed by atoms with Crippen LogP contribution in [0.3, 0.4) is 0 Å². The number of allylic oxidation sites excluding steroid dienone is 8. The maximum atomic E-state index is 15.4. The van der Waals surface area contributed by atoms with Gasteiger partial charge in [-0.1, -0.05) is 0 Å². The van der Waals surface area contributed by atoms with Crippen molar-refractivity contribution in [1.29, 1.82) is 42.1 Å². The van der Waals surface area contributed by atoms with E-state index in [-0.39, 0.29) is 0 Å². The summed E-state index contributed by atoms with van der Waals surface area (Å²) < 4.78 is 121. The van der Waals surface area contributed by atoms with E-state index in [1.54, 1.807) is 0 Å². The molecule has 0 heterocycles. The lowest BCUT2D eigenvalue weighted by atomic mass is 9.89. The second-order valence-electron chi connectivity index (χ2n) is 9.85. The maximum Gasteiger partial charge on any atom is 0.180 e. The number of nitrogens with zero attached hydrogens (tertiary/aromatic N) is 8. The van der Waals surface area contributed by atoms with E-state index in [1.165, 1.54) is 36.4 Å². The summed E-state index contributed by atoms with van der Waals surface area (Å²) in [6.45, 7) is 0. The molecule has 0 saturated heterocycles. The number of hydrogen-bond donors (Lipinski definition) is 0. The normalized spacial score (nSPS) is 12.4. The van der Waals surface area contributed by atoms with Gasteiger partial charge in [-0.3, -0.25) is 0 Å². The van der Waals surface area contributed by atoms with Gasteiger partial charge in [-0.05, 0) is 23.3 Å². The number of fused-ring (bicyclic) bond motifs is 2. The molecule has 234 valence electrons. The third kappa shape index (κ3) is 4.22. The fourth-order valence-corrected chi connectivity index (χ4v) is 5.64. The first-order valence-electron chi connectivity index (χ1n) is 13.0. The number of nitriles is 8. The van der Waals surface area contributed by atoms with Crippen LogP contribution >= 0.6 is 0 Å². The highest BCUT2D eigenvalue weighted by atomic mass is 19.2. The summed E-state index contributed by atoms with van der Waals surface area (Å²) in [5, 5.41) is 77.3. The predicted molar refractivity (Wildman–Crippen MR) is 150 cm³/mol. The van der Waals surface area contributed by atoms with Crippen molar-refractivity contribution in [2.75, 3.05) is 0 Å². The van der Waals surface area contributed by atoms with Gasteiger partial charge in [0.2, 0.25) is 0 Å². The number of benzene rings is 3. The average Bonchev–Trinajstić information content (AvgIpc) is 3.59. The zero-order valence-corrected chi connectivity index (χ0v) is 23.8. The molecule has 3 aromatic carbocycles. The van der Waals surface area contributed by atoms with Gasteiger partial charge in [0.05, 0.1) is 22.3 Å². The molecule has 5 rings (SSSR count). The minimum absolute atomic E-state index is 0.528. The molecule has 2 aliphatic rings. The lowest BCUT2D eigenvalue weighted by Crippen LogP contribution is -2.07. The Balaban J connectivity index is 2.02. The Morgan fingerprint density at radius 2 is 0.660 bits per heavy atom. The van der Waals surface area contributed by atoms with E-state index in [0.29, 0.717) is 0 Å². The monoisotopic (exact) mass is 674 g/mol. The fraction of sp³-hybridized carbons (Fsp3) is 0. The van der Waals surface area contributed by atoms with E-state index < -0.39 is 136 Å². The molecule has 0 amide bonds. The molecule has 0 aromatic heterocycles. The van der Waals surface area contributed by atoms with E-state index in [2.05, 4.69) is 0 Å². The Labute approximate surface area is 273 Å². The van der Waals surface area contributed by atoms with Gasteiger partial charge in [-0.15, -0.1) is 0 Å². The molecule has 8 nitrogen and oxygen atoms in total. The van der Waals surface area contributed by atoms with Gasteiger partial charge in [0.15, 0.2) is 46.5 Å². The standard InChI is InChI=1S/C34H2F8N8/c35-27-19(9-49)28(36)32(40)25(31(27)39)23-17(7-47)13-1-15-14(2-16(13)22(23)12(5-45)6-46)18(8-48)24(21(15)11(3-43)4-44)26-33(41)29(37)20(10-50)30(38)34(26)42/h1-2H. The van der Waals surface area contributed by atoms with Gasteiger partial charge in [0.25, 0.3) is 0 Å². The van der Waals surface area contributed by atoms with E-state index in [4.69, 9.17) is 10.5 Å². The van der Waals surface area contributed by atoms with Crippen molar-refractivity contribution in [2.45, 2.75) is 0 Å². The number of halogens is 8. The molecule has 0 atom stereocenters. The highest BCUT2D eigenvalue weighted by Gasteiger charge is 2.42. The van der Waals surface area contributed by atoms with Crippen molar-refractivity contribution in [3.63, 3.8) is 0 Å². The molecule has 0 N–H and O–H groups in total. The molecule has 50 heavy (non-hydrogen) atoms. The summed E-state index contributed by atoms with van der Waals surface area (Å²) in [6.07, 6.45) is 0. The lowest BCUT2D eigenvalue weighted by molar-refractivity contribution is 0.447. The third-order valence-electron chi connectivity index (χ3n) is 7.66. The van der Waals surface area contributed by atoms with E-state index in [9.17, 15) is 49.1 Å². The van der Waals surface area contributed by atoms with Crippen LogP contribution in [0.5, 0.6) is 0 Å². The predicted octanol–water partition coefficient (Wildman–Crippen LogP) is 7.04. The van der Waals surface area contributed by atoms with Crippen molar-refractivity contribution in [3.8, 4) is 48.6 Å². The van der Waals surface area contributed by atoms with Crippen LogP contribution in [0.4, 0.5) is 35.1 Å². The molecule has 16 heteroatoms. The van der Waals surface area contributed by atoms with Gasteiger partial charge in [0, 0.05) is 33.4 Å². The van der Waals surface area contributed by atoms with E-state index in [0.717, 1.165) is 24.3 Å². The summed E-state index contributed by atoms with van der Waals surface area (Å²) in [4.78, 5) is 0. The minimum atomic E-state index is -2.22. The van der Waals surface area contributed by atoms with Crippen LogP contribution in [0.25, 0.3) is 33.4 Å².